The van der Waals surface area contributed by atoms with Crippen LogP contribution in [0.3, 0.4) is 0 Å². The first kappa shape index (κ1) is 27.9. The van der Waals surface area contributed by atoms with Crippen molar-refractivity contribution in [1.82, 2.24) is 18.0 Å². The van der Waals surface area contributed by atoms with E-state index in [1.807, 2.05) is 32.7 Å². The molecule has 202 valence electrons. The van der Waals surface area contributed by atoms with Crippen LogP contribution in [0.1, 0.15) is 32.6 Å². The lowest BCUT2D eigenvalue weighted by molar-refractivity contribution is 0.222. The number of aromatic hydroxyl groups is 1. The molecule has 3 N–H and O–H groups in total. The van der Waals surface area contributed by atoms with E-state index < -0.39 is 43.3 Å². The average molecular weight is 592 g/mol. The van der Waals surface area contributed by atoms with Gasteiger partial charge in [0, 0.05) is 36.6 Å². The van der Waals surface area contributed by atoms with Crippen molar-refractivity contribution in [2.45, 2.75) is 31.7 Å². The van der Waals surface area contributed by atoms with Gasteiger partial charge in [-0.2, -0.15) is 4.31 Å². The number of furan rings is 1. The summed E-state index contributed by atoms with van der Waals surface area (Å²) in [5.74, 6) is -0.0270. The first-order chi connectivity index (χ1) is 17.3. The Morgan fingerprint density at radius 3 is 2.54 bits per heavy atom. The van der Waals surface area contributed by atoms with Gasteiger partial charge in [0.25, 0.3) is 0 Å². The first-order valence-electron chi connectivity index (χ1n) is 11.3. The summed E-state index contributed by atoms with van der Waals surface area (Å²) in [7, 11) is -2.18. The lowest BCUT2D eigenvalue weighted by Gasteiger charge is -2.32. The molecule has 4 rings (SSSR count). The maximum Gasteiger partial charge on any atom is 0.248 e. The lowest BCUT2D eigenvalue weighted by atomic mass is 9.86. The molecule has 2 aromatic heterocycles. The molecule has 1 aliphatic heterocycles. The van der Waals surface area contributed by atoms with E-state index in [-0.39, 0.29) is 35.1 Å². The number of sulfonamides is 1. The Morgan fingerprint density at radius 1 is 1.27 bits per heavy atom. The molecule has 0 aliphatic carbocycles. The zero-order valence-corrected chi connectivity index (χ0v) is 23.8. The molecule has 0 saturated carbocycles. The number of aromatic nitrogens is 2. The number of nitrogens with zero attached hydrogens (tertiary/aromatic N) is 4. The van der Waals surface area contributed by atoms with Gasteiger partial charge in [0.05, 0.1) is 15.7 Å². The van der Waals surface area contributed by atoms with Crippen molar-refractivity contribution in [3.8, 4) is 5.75 Å². The minimum absolute atomic E-state index is 0.0117. The second-order valence-electron chi connectivity index (χ2n) is 9.81. The van der Waals surface area contributed by atoms with E-state index in [9.17, 15) is 18.1 Å². The zero-order chi connectivity index (χ0) is 27.1. The summed E-state index contributed by atoms with van der Waals surface area (Å²) in [6.07, 6.45) is 1.40. The van der Waals surface area contributed by atoms with Crippen molar-refractivity contribution in [2.75, 3.05) is 38.5 Å². The third-order valence-corrected chi connectivity index (χ3v) is 9.23. The number of anilines is 2. The average Bonchev–Trinajstić information content (AvgIpc) is 3.38. The largest absolute Gasteiger partial charge is 0.548 e. The zero-order valence-electron chi connectivity index (χ0n) is 20.7. The molecule has 0 radical (unpaired) electrons. The molecule has 0 amide bonds. The Labute approximate surface area is 227 Å². The van der Waals surface area contributed by atoms with Gasteiger partial charge in [0.2, 0.25) is 21.3 Å². The maximum absolute atomic E-state index is 13.4. The number of benzene rings is 1. The molecule has 1 aromatic carbocycles. The second-order valence-corrected chi connectivity index (χ2v) is 13.4. The van der Waals surface area contributed by atoms with Gasteiger partial charge < -0.3 is 24.3 Å². The van der Waals surface area contributed by atoms with Crippen LogP contribution in [0.25, 0.3) is 0 Å². The topological polar surface area (TPSA) is 150 Å². The molecule has 3 heterocycles. The van der Waals surface area contributed by atoms with Gasteiger partial charge in [-0.1, -0.05) is 44.0 Å². The molecule has 37 heavy (non-hydrogen) atoms. The van der Waals surface area contributed by atoms with Crippen LogP contribution in [-0.2, 0) is 10.0 Å². The van der Waals surface area contributed by atoms with Crippen LogP contribution in [0.15, 0.2) is 38.8 Å². The van der Waals surface area contributed by atoms with Gasteiger partial charge in [0.1, 0.15) is 23.0 Å². The molecular weight excluding hydrogens is 563 g/mol. The highest BCUT2D eigenvalue weighted by Gasteiger charge is 2.34. The van der Waals surface area contributed by atoms with Crippen LogP contribution in [0.2, 0.25) is 10.0 Å². The van der Waals surface area contributed by atoms with Crippen LogP contribution in [0.4, 0.5) is 11.5 Å². The highest BCUT2D eigenvalue weighted by atomic mass is 35.5. The summed E-state index contributed by atoms with van der Waals surface area (Å²) in [6.45, 7) is 7.50. The van der Waals surface area contributed by atoms with Crippen LogP contribution in [0, 0.1) is 5.41 Å². The van der Waals surface area contributed by atoms with Crippen molar-refractivity contribution in [3.63, 3.8) is 0 Å². The second kappa shape index (κ2) is 10.6. The van der Waals surface area contributed by atoms with E-state index in [4.69, 9.17) is 27.6 Å². The van der Waals surface area contributed by atoms with Crippen LogP contribution < -0.4 is 10.8 Å². The van der Waals surface area contributed by atoms with Crippen molar-refractivity contribution in [3.05, 3.63) is 45.8 Å². The summed E-state index contributed by atoms with van der Waals surface area (Å²) in [4.78, 5) is 6.29. The molecule has 1 saturated heterocycles. The Balaban J connectivity index is 1.74. The third kappa shape index (κ3) is 5.98. The van der Waals surface area contributed by atoms with Gasteiger partial charge >= 0.3 is 0 Å². The maximum atomic E-state index is 13.4. The van der Waals surface area contributed by atoms with E-state index in [2.05, 4.69) is 19.1 Å². The predicted molar refractivity (Wildman–Crippen MR) is 141 cm³/mol. The number of aromatic amines is 1. The number of likely N-dealkylation sites (N-methyl/N-ethyl adjacent to an activating group) is 1. The molecule has 11 nitrogen and oxygen atoms in total. The molecule has 1 fully saturated rings. The number of hydrogen-bond donors (Lipinski definition) is 3. The van der Waals surface area contributed by atoms with Crippen LogP contribution in [-0.4, -0.2) is 69.3 Å². The van der Waals surface area contributed by atoms with Gasteiger partial charge in [-0.25, -0.2) is 13.4 Å². The Bertz CT molecular complexity index is 1450. The molecule has 0 spiro atoms. The number of H-pyrrole nitrogens is 1. The van der Waals surface area contributed by atoms with E-state index in [0.29, 0.717) is 23.9 Å². The van der Waals surface area contributed by atoms with Gasteiger partial charge in [-0.15, -0.1) is 4.37 Å². The molecule has 0 bridgehead atoms. The Kier molecular flexibility index (Phi) is 7.96. The number of hydrogen-bond acceptors (Lipinski definition) is 9. The first-order valence-corrected chi connectivity index (χ1v) is 14.6. The van der Waals surface area contributed by atoms with Crippen LogP contribution in [0.5, 0.6) is 5.75 Å². The molecule has 1 aliphatic rings. The number of piperazine rings is 1. The lowest BCUT2D eigenvalue weighted by Crippen LogP contribution is -2.47. The monoisotopic (exact) mass is 590 g/mol. The van der Waals surface area contributed by atoms with E-state index in [1.165, 1.54) is 22.7 Å². The van der Waals surface area contributed by atoms with E-state index >= 15 is 0 Å². The normalized spacial score (nSPS) is 17.8. The number of phenolic OH excluding ortho intramolecular Hbond substituents is 1. The van der Waals surface area contributed by atoms with Gasteiger partial charge in [-0.05, 0) is 24.6 Å². The number of halogens is 2. The fourth-order valence-electron chi connectivity index (χ4n) is 3.91. The van der Waals surface area contributed by atoms with Crippen molar-refractivity contribution >= 4 is 55.9 Å². The predicted octanol–water partition coefficient (Wildman–Crippen LogP) is 4.11. The smallest absolute Gasteiger partial charge is 0.248 e. The molecule has 2 atom stereocenters. The van der Waals surface area contributed by atoms with E-state index in [1.54, 1.807) is 6.07 Å². The summed E-state index contributed by atoms with van der Waals surface area (Å²) in [5, 5.41) is 14.2. The Morgan fingerprint density at radius 2 is 1.95 bits per heavy atom. The molecule has 1 unspecified atom stereocenters. The van der Waals surface area contributed by atoms with Crippen molar-refractivity contribution < 1.29 is 22.5 Å². The number of rotatable bonds is 6. The summed E-state index contributed by atoms with van der Waals surface area (Å²) < 4.78 is 52.5. The van der Waals surface area contributed by atoms with Crippen molar-refractivity contribution in [1.29, 1.82) is 0 Å². The number of phenols is 1. The molecule has 3 aromatic rings. The SMILES string of the molecule is CN1CCN(S(=O)(=O)c2c(Cl)ccc(Nc3n[s+]([O-])[nH]c3=N[C@@H](c3cc(Cl)co3)C(C)(C)C)c2O)CC1. The number of nitrogens with one attached hydrogen (secondary N) is 2. The summed E-state index contributed by atoms with van der Waals surface area (Å²) >= 11 is 10.4. The van der Waals surface area contributed by atoms with Gasteiger partial charge in [0.15, 0.2) is 16.9 Å². The highest BCUT2D eigenvalue weighted by Crippen LogP contribution is 2.40. The summed E-state index contributed by atoms with van der Waals surface area (Å²) in [5.41, 5.74) is -0.266. The van der Waals surface area contributed by atoms with Gasteiger partial charge in [-0.3, -0.25) is 0 Å². The Hall–Kier alpha value is -2.13. The van der Waals surface area contributed by atoms with Crippen molar-refractivity contribution in [2.24, 2.45) is 10.4 Å². The minimum atomic E-state index is -4.09. The minimum Gasteiger partial charge on any atom is -0.548 e. The third-order valence-electron chi connectivity index (χ3n) is 5.91. The van der Waals surface area contributed by atoms with E-state index in [0.717, 1.165) is 0 Å². The molecule has 15 heteroatoms. The summed E-state index contributed by atoms with van der Waals surface area (Å²) in [6, 6.07) is 3.90. The quantitative estimate of drug-likeness (QED) is 0.286. The fourth-order valence-corrected chi connectivity index (χ4v) is 6.74. The molecular formula is C22H28Cl2N6O5S2. The standard InChI is InChI=1S/C22H28Cl2N6O5S2/c1-22(2,3)19(16-11-13(23)12-35-16)26-21-20(27-36(32)28-21)25-15-6-5-14(24)18(17(15)31)37(33,34)30-9-7-29(4)8-10-30/h5-6,11-12,19,31H,7-10H2,1-4H3,(H,25,27)(H,26,28)/t19-,36?/m0/s1. The van der Waals surface area contributed by atoms with Crippen LogP contribution >= 0.6 is 34.3 Å². The highest BCUT2D eigenvalue weighted by molar-refractivity contribution is 7.89. The fraction of sp³-hybridized carbons (Fsp3) is 0.455.